The fourth-order valence-electron chi connectivity index (χ4n) is 2.78. The van der Waals surface area contributed by atoms with Crippen molar-refractivity contribution in [1.29, 1.82) is 0 Å². The second-order valence-electron chi connectivity index (χ2n) is 5.79. The molecular formula is C19H20N4O2S. The van der Waals surface area contributed by atoms with Crippen molar-refractivity contribution < 1.29 is 9.53 Å². The SMILES string of the molecule is C=C/C(=C\C(=C/C)C(=O)Nc1n[nH]c2c1sc1nc(C)cc(C)c12)OC. The van der Waals surface area contributed by atoms with Gasteiger partial charge in [-0.2, -0.15) is 5.10 Å². The van der Waals surface area contributed by atoms with Crippen molar-refractivity contribution in [3.05, 3.63) is 53.5 Å². The monoisotopic (exact) mass is 368 g/mol. The maximum atomic E-state index is 12.6. The predicted octanol–water partition coefficient (Wildman–Crippen LogP) is 4.39. The number of aryl methyl sites for hydroxylation is 2. The lowest BCUT2D eigenvalue weighted by atomic mass is 10.1. The fourth-order valence-corrected chi connectivity index (χ4v) is 3.97. The Labute approximate surface area is 155 Å². The van der Waals surface area contributed by atoms with E-state index in [9.17, 15) is 4.79 Å². The van der Waals surface area contributed by atoms with Gasteiger partial charge in [0, 0.05) is 16.7 Å². The van der Waals surface area contributed by atoms with Crippen LogP contribution in [0.1, 0.15) is 18.2 Å². The molecule has 0 spiro atoms. The Morgan fingerprint density at radius 1 is 1.42 bits per heavy atom. The van der Waals surface area contributed by atoms with Gasteiger partial charge < -0.3 is 10.1 Å². The van der Waals surface area contributed by atoms with Gasteiger partial charge in [0.05, 0.1) is 17.3 Å². The molecular weight excluding hydrogens is 348 g/mol. The van der Waals surface area contributed by atoms with E-state index in [0.717, 1.165) is 31.7 Å². The van der Waals surface area contributed by atoms with Gasteiger partial charge in [-0.3, -0.25) is 9.89 Å². The molecule has 3 rings (SSSR count). The first-order valence-corrected chi connectivity index (χ1v) is 8.90. The molecule has 0 saturated heterocycles. The summed E-state index contributed by atoms with van der Waals surface area (Å²) >= 11 is 1.51. The number of rotatable bonds is 5. The number of fused-ring (bicyclic) bond motifs is 3. The highest BCUT2D eigenvalue weighted by Crippen LogP contribution is 2.37. The largest absolute Gasteiger partial charge is 0.497 e. The summed E-state index contributed by atoms with van der Waals surface area (Å²) in [6.45, 7) is 9.47. The third-order valence-corrected chi connectivity index (χ3v) is 5.11. The van der Waals surface area contributed by atoms with Gasteiger partial charge in [-0.05, 0) is 44.6 Å². The zero-order valence-corrected chi connectivity index (χ0v) is 16.0. The number of aromatic nitrogens is 3. The highest BCUT2D eigenvalue weighted by Gasteiger charge is 2.18. The minimum Gasteiger partial charge on any atom is -0.497 e. The number of pyridine rings is 1. The maximum Gasteiger partial charge on any atom is 0.256 e. The first-order chi connectivity index (χ1) is 12.5. The van der Waals surface area contributed by atoms with Crippen LogP contribution in [0.2, 0.25) is 0 Å². The first kappa shape index (κ1) is 17.9. The number of methoxy groups -OCH3 is 1. The highest BCUT2D eigenvalue weighted by atomic mass is 32.1. The molecule has 0 aliphatic heterocycles. The molecule has 0 saturated carbocycles. The van der Waals surface area contributed by atoms with Gasteiger partial charge in [-0.15, -0.1) is 11.3 Å². The van der Waals surface area contributed by atoms with Gasteiger partial charge >= 0.3 is 0 Å². The van der Waals surface area contributed by atoms with Crippen LogP contribution in [0.15, 0.2) is 42.2 Å². The van der Waals surface area contributed by atoms with Crippen LogP contribution in [0.25, 0.3) is 20.4 Å². The molecule has 1 amide bonds. The summed E-state index contributed by atoms with van der Waals surface area (Å²) in [4.78, 5) is 18.1. The summed E-state index contributed by atoms with van der Waals surface area (Å²) in [6.07, 6.45) is 4.89. The number of ether oxygens (including phenoxy) is 1. The van der Waals surface area contributed by atoms with Crippen molar-refractivity contribution in [2.75, 3.05) is 12.4 Å². The topological polar surface area (TPSA) is 79.9 Å². The van der Waals surface area contributed by atoms with E-state index in [0.29, 0.717) is 17.2 Å². The molecule has 0 bridgehead atoms. The van der Waals surface area contributed by atoms with Crippen LogP contribution in [0, 0.1) is 13.8 Å². The normalized spacial score (nSPS) is 12.6. The molecule has 0 radical (unpaired) electrons. The number of allylic oxidation sites excluding steroid dienone is 2. The van der Waals surface area contributed by atoms with Crippen LogP contribution in [0.3, 0.4) is 0 Å². The number of aromatic amines is 1. The fraction of sp³-hybridized carbons (Fsp3) is 0.211. The third kappa shape index (κ3) is 3.13. The molecule has 3 aromatic heterocycles. The number of carbonyl (C=O) groups excluding carboxylic acids is 1. The molecule has 3 aromatic rings. The Morgan fingerprint density at radius 3 is 2.85 bits per heavy atom. The van der Waals surface area contributed by atoms with Gasteiger partial charge in [0.25, 0.3) is 5.91 Å². The summed E-state index contributed by atoms with van der Waals surface area (Å²) in [7, 11) is 1.53. The average molecular weight is 368 g/mol. The average Bonchev–Trinajstić information content (AvgIpc) is 3.15. The second-order valence-corrected chi connectivity index (χ2v) is 6.79. The van der Waals surface area contributed by atoms with Crippen LogP contribution >= 0.6 is 11.3 Å². The Hall–Kier alpha value is -2.93. The van der Waals surface area contributed by atoms with E-state index in [1.165, 1.54) is 18.4 Å². The number of hydrogen-bond donors (Lipinski definition) is 2. The number of amides is 1. The zero-order chi connectivity index (χ0) is 18.8. The molecule has 3 heterocycles. The molecule has 134 valence electrons. The van der Waals surface area contributed by atoms with Gasteiger partial charge in [0.2, 0.25) is 0 Å². The molecule has 2 N–H and O–H groups in total. The van der Waals surface area contributed by atoms with E-state index in [1.54, 1.807) is 25.2 Å². The molecule has 0 fully saturated rings. The van der Waals surface area contributed by atoms with Crippen LogP contribution in [-0.4, -0.2) is 28.2 Å². The molecule has 26 heavy (non-hydrogen) atoms. The van der Waals surface area contributed by atoms with Crippen LogP contribution in [-0.2, 0) is 9.53 Å². The van der Waals surface area contributed by atoms with Gasteiger partial charge in [-0.25, -0.2) is 4.98 Å². The standard InChI is InChI=1S/C19H20N4O2S/c1-6-12(9-13(7-2)25-5)18(24)21-17-16-15(22-23-17)14-10(3)8-11(4)20-19(14)26-16/h6-9H,2H2,1,3-5H3,(H2,21,22,23,24)/b12-6+,13-9+. The zero-order valence-electron chi connectivity index (χ0n) is 15.1. The molecule has 0 aliphatic rings. The van der Waals surface area contributed by atoms with Gasteiger partial charge in [-0.1, -0.05) is 12.7 Å². The van der Waals surface area contributed by atoms with Crippen LogP contribution < -0.4 is 5.32 Å². The second kappa shape index (κ2) is 7.13. The van der Waals surface area contributed by atoms with E-state index < -0.39 is 0 Å². The van der Waals surface area contributed by atoms with Crippen LogP contribution in [0.5, 0.6) is 0 Å². The molecule has 0 unspecified atom stereocenters. The molecule has 0 aromatic carbocycles. The lowest BCUT2D eigenvalue weighted by molar-refractivity contribution is -0.112. The summed E-state index contributed by atoms with van der Waals surface area (Å²) in [6, 6.07) is 2.04. The Kier molecular flexibility index (Phi) is 4.90. The summed E-state index contributed by atoms with van der Waals surface area (Å²) in [5.74, 6) is 0.739. The van der Waals surface area contributed by atoms with Crippen molar-refractivity contribution in [3.8, 4) is 0 Å². The van der Waals surface area contributed by atoms with Gasteiger partial charge in [0.1, 0.15) is 10.6 Å². The van der Waals surface area contributed by atoms with Crippen molar-refractivity contribution >= 4 is 43.5 Å². The van der Waals surface area contributed by atoms with Crippen molar-refractivity contribution in [1.82, 2.24) is 15.2 Å². The predicted molar refractivity (Wildman–Crippen MR) is 106 cm³/mol. The molecule has 0 aliphatic carbocycles. The number of thiophene rings is 1. The highest BCUT2D eigenvalue weighted by molar-refractivity contribution is 7.26. The molecule has 0 atom stereocenters. The first-order valence-electron chi connectivity index (χ1n) is 8.09. The Morgan fingerprint density at radius 2 is 2.19 bits per heavy atom. The Bertz CT molecular complexity index is 1070. The number of nitrogens with one attached hydrogen (secondary N) is 2. The summed E-state index contributed by atoms with van der Waals surface area (Å²) < 4.78 is 6.03. The van der Waals surface area contributed by atoms with E-state index in [4.69, 9.17) is 4.74 Å². The van der Waals surface area contributed by atoms with Gasteiger partial charge in [0.15, 0.2) is 5.82 Å². The molecule has 6 nitrogen and oxygen atoms in total. The summed E-state index contributed by atoms with van der Waals surface area (Å²) in [5, 5.41) is 11.2. The van der Waals surface area contributed by atoms with E-state index in [1.807, 2.05) is 19.9 Å². The van der Waals surface area contributed by atoms with E-state index in [-0.39, 0.29) is 5.91 Å². The minimum absolute atomic E-state index is 0.268. The maximum absolute atomic E-state index is 12.6. The number of anilines is 1. The smallest absolute Gasteiger partial charge is 0.256 e. The van der Waals surface area contributed by atoms with Crippen molar-refractivity contribution in [2.45, 2.75) is 20.8 Å². The minimum atomic E-state index is -0.268. The molecule has 7 heteroatoms. The third-order valence-electron chi connectivity index (χ3n) is 4.02. The quantitative estimate of drug-likeness (QED) is 0.398. The number of carbonyl (C=O) groups is 1. The summed E-state index contributed by atoms with van der Waals surface area (Å²) in [5.41, 5.74) is 3.46. The Balaban J connectivity index is 1.99. The van der Waals surface area contributed by atoms with Crippen molar-refractivity contribution in [2.24, 2.45) is 0 Å². The lowest BCUT2D eigenvalue weighted by Crippen LogP contribution is -2.14. The van der Waals surface area contributed by atoms with E-state index in [2.05, 4.69) is 27.1 Å². The van der Waals surface area contributed by atoms with Crippen LogP contribution in [0.4, 0.5) is 5.82 Å². The van der Waals surface area contributed by atoms with E-state index >= 15 is 0 Å². The van der Waals surface area contributed by atoms with Crippen molar-refractivity contribution in [3.63, 3.8) is 0 Å². The number of hydrogen-bond acceptors (Lipinski definition) is 5. The lowest BCUT2D eigenvalue weighted by Gasteiger charge is -2.05. The number of H-pyrrole nitrogens is 1. The number of nitrogens with zero attached hydrogens (tertiary/aromatic N) is 2.